The van der Waals surface area contributed by atoms with Crippen LogP contribution in [0.2, 0.25) is 0 Å². The summed E-state index contributed by atoms with van der Waals surface area (Å²) < 4.78 is 1.01. The Hall–Kier alpha value is -0.790. The Morgan fingerprint density at radius 3 is 2.10 bits per heavy atom. The van der Waals surface area contributed by atoms with Crippen molar-refractivity contribution >= 4 is 21.7 Å². The molecule has 5 rings (SSSR count). The Morgan fingerprint density at radius 2 is 1.55 bits per heavy atom. The molecule has 0 atom stereocenters. The number of carbonyl (C=O) groups is 1. The second-order valence-corrected chi connectivity index (χ2v) is 6.76. The van der Waals surface area contributed by atoms with E-state index in [1.807, 2.05) is 24.3 Å². The van der Waals surface area contributed by atoms with E-state index in [0.29, 0.717) is 6.42 Å². The highest BCUT2D eigenvalue weighted by molar-refractivity contribution is 9.10. The van der Waals surface area contributed by atoms with Gasteiger partial charge < -0.3 is 0 Å². The highest BCUT2D eigenvalue weighted by Crippen LogP contribution is 2.28. The molecule has 6 heteroatoms. The molecule has 0 amide bonds. The highest BCUT2D eigenvalue weighted by Gasteiger charge is 2.43. The summed E-state index contributed by atoms with van der Waals surface area (Å²) in [5, 5.41) is 0. The van der Waals surface area contributed by atoms with E-state index in [1.165, 1.54) is 0 Å². The van der Waals surface area contributed by atoms with Crippen molar-refractivity contribution in [3.05, 3.63) is 34.3 Å². The van der Waals surface area contributed by atoms with E-state index < -0.39 is 0 Å². The molecule has 1 aromatic carbocycles. The predicted molar refractivity (Wildman–Crippen MR) is 78.6 cm³/mol. The van der Waals surface area contributed by atoms with Crippen molar-refractivity contribution in [1.82, 2.24) is 19.6 Å². The number of benzene rings is 1. The number of hydrogen-bond acceptors (Lipinski definition) is 5. The first-order valence-corrected chi connectivity index (χ1v) is 7.70. The van der Waals surface area contributed by atoms with E-state index in [1.54, 1.807) is 0 Å². The Kier molecular flexibility index (Phi) is 3.16. The third kappa shape index (κ3) is 2.21. The lowest BCUT2D eigenvalue weighted by Crippen LogP contribution is -2.75. The molecule has 0 saturated carbocycles. The monoisotopic (exact) mass is 336 g/mol. The third-order valence-corrected chi connectivity index (χ3v) is 4.83. The lowest BCUT2D eigenvalue weighted by atomic mass is 10.0. The Morgan fingerprint density at radius 1 is 1.00 bits per heavy atom. The first kappa shape index (κ1) is 12.9. The second-order valence-electron chi connectivity index (χ2n) is 5.84. The van der Waals surface area contributed by atoms with E-state index in [4.69, 9.17) is 0 Å². The molecule has 20 heavy (non-hydrogen) atoms. The molecule has 4 bridgehead atoms. The lowest BCUT2D eigenvalue weighted by Gasteiger charge is -2.60. The highest BCUT2D eigenvalue weighted by atomic mass is 79.9. The topological polar surface area (TPSA) is 30.0 Å². The summed E-state index contributed by atoms with van der Waals surface area (Å²) in [5.41, 5.74) is 0.810. The molecule has 0 unspecified atom stereocenters. The van der Waals surface area contributed by atoms with Gasteiger partial charge in [-0.1, -0.05) is 28.1 Å². The van der Waals surface area contributed by atoms with E-state index in [2.05, 4.69) is 35.5 Å². The summed E-state index contributed by atoms with van der Waals surface area (Å²) in [5.74, 6) is 0.236. The van der Waals surface area contributed by atoms with Gasteiger partial charge in [0.1, 0.15) is 0 Å². The average Bonchev–Trinajstić information content (AvgIpc) is 2.42. The van der Waals surface area contributed by atoms with Gasteiger partial charge in [-0.2, -0.15) is 0 Å². The van der Waals surface area contributed by atoms with Crippen molar-refractivity contribution in [2.45, 2.75) is 12.6 Å². The van der Waals surface area contributed by atoms with Crippen LogP contribution in [0.25, 0.3) is 0 Å². The summed E-state index contributed by atoms with van der Waals surface area (Å²) in [7, 11) is 0. The van der Waals surface area contributed by atoms with Gasteiger partial charge in [0.05, 0.1) is 39.5 Å². The maximum Gasteiger partial charge on any atom is 0.165 e. The fourth-order valence-electron chi connectivity index (χ4n) is 3.45. The molecule has 4 aliphatic heterocycles. The minimum atomic E-state index is 0.236. The zero-order valence-electron chi connectivity index (χ0n) is 11.2. The quantitative estimate of drug-likeness (QED) is 0.778. The first-order chi connectivity index (χ1) is 9.69. The van der Waals surface area contributed by atoms with Crippen molar-refractivity contribution < 1.29 is 4.79 Å². The van der Waals surface area contributed by atoms with Gasteiger partial charge in [0.25, 0.3) is 0 Å². The molecule has 4 fully saturated rings. The van der Waals surface area contributed by atoms with Gasteiger partial charge in [0.15, 0.2) is 5.78 Å². The van der Waals surface area contributed by atoms with Gasteiger partial charge >= 0.3 is 0 Å². The Labute approximate surface area is 126 Å². The number of hydrogen-bond donors (Lipinski definition) is 0. The van der Waals surface area contributed by atoms with Crippen LogP contribution in [0.1, 0.15) is 16.8 Å². The lowest BCUT2D eigenvalue weighted by molar-refractivity contribution is -0.229. The van der Waals surface area contributed by atoms with E-state index in [9.17, 15) is 4.79 Å². The maximum atomic E-state index is 12.5. The van der Waals surface area contributed by atoms with Crippen LogP contribution in [0.4, 0.5) is 0 Å². The molecule has 0 aliphatic carbocycles. The predicted octanol–water partition coefficient (Wildman–Crippen LogP) is 1.38. The molecule has 4 aliphatic rings. The molecule has 0 aromatic heterocycles. The minimum absolute atomic E-state index is 0.236. The molecule has 0 radical (unpaired) electrons. The Bertz CT molecular complexity index is 504. The molecule has 4 heterocycles. The zero-order valence-corrected chi connectivity index (χ0v) is 12.8. The van der Waals surface area contributed by atoms with Gasteiger partial charge in [-0.25, -0.2) is 0 Å². The molecule has 0 spiro atoms. The fraction of sp³-hybridized carbons (Fsp3) is 0.500. The SMILES string of the molecule is O=C(CC1N2CN3CN(C2)CN1C3)c1ccc(Br)cc1. The number of halogens is 1. The number of ketones is 1. The normalized spacial score (nSPS) is 38.1. The molecule has 1 aromatic rings. The zero-order chi connectivity index (χ0) is 13.7. The first-order valence-electron chi connectivity index (χ1n) is 6.90. The van der Waals surface area contributed by atoms with Crippen LogP contribution in [-0.2, 0) is 0 Å². The van der Waals surface area contributed by atoms with Crippen LogP contribution in [-0.4, -0.2) is 64.9 Å². The van der Waals surface area contributed by atoms with Crippen molar-refractivity contribution in [2.24, 2.45) is 0 Å². The number of Topliss-reactive ketones (excluding diaryl/α,β-unsaturated/α-hetero) is 1. The smallest absolute Gasteiger partial charge is 0.165 e. The van der Waals surface area contributed by atoms with Crippen LogP contribution in [0, 0.1) is 0 Å². The van der Waals surface area contributed by atoms with Crippen molar-refractivity contribution in [1.29, 1.82) is 0 Å². The molecule has 106 valence electrons. The average molecular weight is 337 g/mol. The number of nitrogens with zero attached hydrogens (tertiary/aromatic N) is 4. The van der Waals surface area contributed by atoms with Crippen LogP contribution in [0.5, 0.6) is 0 Å². The van der Waals surface area contributed by atoms with Crippen molar-refractivity contribution in [3.63, 3.8) is 0 Å². The molecular formula is C14H17BrN4O. The summed E-state index contributed by atoms with van der Waals surface area (Å²) >= 11 is 3.41. The number of carbonyl (C=O) groups excluding carboxylic acids is 1. The summed E-state index contributed by atoms with van der Waals surface area (Å²) in [4.78, 5) is 22.1. The van der Waals surface area contributed by atoms with Crippen LogP contribution in [0.15, 0.2) is 28.7 Å². The minimum Gasteiger partial charge on any atom is -0.294 e. The van der Waals surface area contributed by atoms with Crippen molar-refractivity contribution in [3.8, 4) is 0 Å². The summed E-state index contributed by atoms with van der Waals surface area (Å²) in [6, 6.07) is 7.67. The van der Waals surface area contributed by atoms with Crippen molar-refractivity contribution in [2.75, 3.05) is 33.3 Å². The third-order valence-electron chi connectivity index (χ3n) is 4.30. The number of rotatable bonds is 3. The van der Waals surface area contributed by atoms with Crippen LogP contribution >= 0.6 is 15.9 Å². The van der Waals surface area contributed by atoms with Gasteiger partial charge in [0, 0.05) is 16.5 Å². The van der Waals surface area contributed by atoms with E-state index in [0.717, 1.165) is 43.4 Å². The maximum absolute atomic E-state index is 12.5. The second kappa shape index (κ2) is 4.89. The molecule has 4 saturated heterocycles. The van der Waals surface area contributed by atoms with Crippen LogP contribution in [0.3, 0.4) is 0 Å². The van der Waals surface area contributed by atoms with Gasteiger partial charge in [-0.3, -0.25) is 24.4 Å². The van der Waals surface area contributed by atoms with E-state index in [-0.39, 0.29) is 11.9 Å². The van der Waals surface area contributed by atoms with Gasteiger partial charge in [0.2, 0.25) is 0 Å². The molecular weight excluding hydrogens is 320 g/mol. The van der Waals surface area contributed by atoms with E-state index >= 15 is 0 Å². The largest absolute Gasteiger partial charge is 0.294 e. The Balaban J connectivity index is 1.49. The standard InChI is InChI=1S/C14H17BrN4O/c15-12-3-1-11(2-4-12)13(20)5-14-18-7-16-6-17(9-18)10-19(14)8-16/h1-4,14H,5-10H2. The van der Waals surface area contributed by atoms with Crippen LogP contribution < -0.4 is 0 Å². The van der Waals surface area contributed by atoms with Gasteiger partial charge in [-0.15, -0.1) is 0 Å². The van der Waals surface area contributed by atoms with Gasteiger partial charge in [-0.05, 0) is 12.1 Å². The summed E-state index contributed by atoms with van der Waals surface area (Å²) in [6.45, 7) is 5.04. The molecule has 5 nitrogen and oxygen atoms in total. The molecule has 0 N–H and O–H groups in total. The summed E-state index contributed by atoms with van der Waals surface area (Å²) in [6.07, 6.45) is 0.850. The fourth-order valence-corrected chi connectivity index (χ4v) is 3.72.